The van der Waals surface area contributed by atoms with Gasteiger partial charge in [-0.2, -0.15) is 49.6 Å². The number of thioether (sulfide) groups is 6. The molecule has 0 atom stereocenters. The van der Waals surface area contributed by atoms with E-state index in [4.69, 9.17) is 23.2 Å². The van der Waals surface area contributed by atoms with Gasteiger partial charge in [-0.3, -0.25) is 8.98 Å². The number of hydrogen-bond donors (Lipinski definition) is 2. The molecule has 0 aromatic heterocycles. The zero-order valence-corrected chi connectivity index (χ0v) is 90.1. The van der Waals surface area contributed by atoms with Gasteiger partial charge in [0.1, 0.15) is 0 Å². The van der Waals surface area contributed by atoms with Crippen LogP contribution in [-0.4, -0.2) is 109 Å². The summed E-state index contributed by atoms with van der Waals surface area (Å²) < 4.78 is 45.8. The van der Waals surface area contributed by atoms with E-state index in [1.165, 1.54) is 161 Å². The monoisotopic (exact) mass is 2030 g/mol. The molecule has 18 heteroatoms. The molecule has 13 aromatic carbocycles. The van der Waals surface area contributed by atoms with Crippen molar-refractivity contribution in [1.29, 1.82) is 0 Å². The summed E-state index contributed by atoms with van der Waals surface area (Å²) in [5.74, 6) is 7.74. The summed E-state index contributed by atoms with van der Waals surface area (Å²) in [6, 6.07) is 127. The van der Waals surface area contributed by atoms with Crippen LogP contribution in [0.1, 0.15) is 205 Å². The SMILES string of the molecule is C.C.CC(C)(C)[Si](OCCCCCC1(c2ccc(-c3ccccc3)cc2)SCCCS1)(c1ccccc1)c1ccccc1.Cc1ccc(S(=O)(=O)OCCCCCO[Si](c2ccccc2)(c2ccccc2)C(C)(C)C)cc1.O=C(CCCCCO)c1ccc(-c2ccccc2)cc1.OCCCCCC1(c2ccc(-c3ccccc3)cc2)SCCCS1.[Li+].c1ccc(-c2ccc([C-]3SCCCS3)cc2)cc1. The fourth-order valence-corrected chi connectivity index (χ4v) is 37.6. The fraction of sp³-hybridized carbons (Fsp3) is 0.344. The maximum atomic E-state index is 12.3. The first-order valence-corrected chi connectivity index (χ1v) is 60.4. The number of ketones is 1. The van der Waals surface area contributed by atoms with Crippen LogP contribution in [0.3, 0.4) is 0 Å². The van der Waals surface area contributed by atoms with Gasteiger partial charge in [-0.05, 0) is 217 Å². The van der Waals surface area contributed by atoms with Gasteiger partial charge in [0.15, 0.2) is 5.78 Å². The minimum atomic E-state index is -3.71. The van der Waals surface area contributed by atoms with Crippen molar-refractivity contribution in [1.82, 2.24) is 0 Å². The van der Waals surface area contributed by atoms with Crippen LogP contribution in [0.15, 0.2) is 369 Å². The Morgan fingerprint density at radius 1 is 0.343 bits per heavy atom. The maximum absolute atomic E-state index is 12.3. The average Bonchev–Trinajstić information content (AvgIpc) is 0.748. The number of aliphatic hydroxyl groups is 2. The van der Waals surface area contributed by atoms with E-state index in [1.54, 1.807) is 24.3 Å². The molecular weight excluding hydrogens is 1880 g/mol. The molecule has 0 bridgehead atoms. The molecule has 0 saturated carbocycles. The molecule has 3 fully saturated rings. The number of unbranched alkanes of at least 4 members (excludes halogenated alkanes) is 8. The summed E-state index contributed by atoms with van der Waals surface area (Å²) in [4.78, 5) is 12.2. The number of Topliss-reactive ketones (excluding diaryl/α,β-unsaturated/α-hetero) is 1. The van der Waals surface area contributed by atoms with Crippen LogP contribution >= 0.6 is 70.6 Å². The number of aliphatic hydroxyl groups excluding tert-OH is 2. The van der Waals surface area contributed by atoms with E-state index in [9.17, 15) is 13.2 Å². The van der Waals surface area contributed by atoms with Gasteiger partial charge in [-0.25, -0.2) is 0 Å². The van der Waals surface area contributed by atoms with E-state index in [1.807, 2.05) is 85.0 Å². The number of carbonyl (C=O) groups is 1. The Morgan fingerprint density at radius 3 is 0.964 bits per heavy atom. The van der Waals surface area contributed by atoms with Crippen molar-refractivity contribution >= 4 is 124 Å². The van der Waals surface area contributed by atoms with Crippen molar-refractivity contribution in [3.05, 3.63) is 396 Å². The smallest absolute Gasteiger partial charge is 0.407 e. The predicted octanol–water partition coefficient (Wildman–Crippen LogP) is 28.3. The molecular formula is C122H149LiO8S7Si2. The molecule has 3 heterocycles. The van der Waals surface area contributed by atoms with Gasteiger partial charge >= 0.3 is 18.9 Å². The van der Waals surface area contributed by atoms with Gasteiger partial charge in [0.25, 0.3) is 26.8 Å². The topological polar surface area (TPSA) is 119 Å². The molecule has 0 radical (unpaired) electrons. The van der Waals surface area contributed by atoms with Crippen LogP contribution < -0.4 is 39.6 Å². The summed E-state index contributed by atoms with van der Waals surface area (Å²) in [7, 11) is -8.68. The Labute approximate surface area is 881 Å². The molecule has 0 aliphatic carbocycles. The molecule has 3 aliphatic heterocycles. The Hall–Kier alpha value is -7.72. The van der Waals surface area contributed by atoms with E-state index in [2.05, 4.69) is 374 Å². The van der Waals surface area contributed by atoms with Gasteiger partial charge in [0.2, 0.25) is 0 Å². The van der Waals surface area contributed by atoms with E-state index < -0.39 is 26.8 Å². The van der Waals surface area contributed by atoms with Gasteiger partial charge in [0.05, 0.1) is 19.7 Å². The van der Waals surface area contributed by atoms with Crippen molar-refractivity contribution < 1.29 is 55.3 Å². The van der Waals surface area contributed by atoms with Crippen molar-refractivity contribution in [2.75, 3.05) is 67.6 Å². The van der Waals surface area contributed by atoms with Crippen LogP contribution in [0.5, 0.6) is 0 Å². The number of benzene rings is 13. The second kappa shape index (κ2) is 60.3. The first kappa shape index (κ1) is 116. The van der Waals surface area contributed by atoms with Crippen LogP contribution in [-0.2, 0) is 31.3 Å². The minimum absolute atomic E-state index is 0. The van der Waals surface area contributed by atoms with Crippen molar-refractivity contribution in [2.24, 2.45) is 0 Å². The van der Waals surface area contributed by atoms with Gasteiger partial charge in [0, 0.05) is 38.4 Å². The second-order valence-corrected chi connectivity index (χ2v) is 56.0. The average molecular weight is 2030 g/mol. The standard InChI is InChI=1S/C37H44OS2Si.C28H36O4SSi.C21H26OS2.C18H20O2.C16H15S2.2CH4.Li/c1-36(2,3)41(34-19-10-5-11-20-34,35-21-12-6-13-22-35)38-28-15-7-14-27-37(39-29-16-30-40-37)33-25-23-32(24-26-33)31-17-8-4-9-18-31;1-24-18-20-25(21-19-24)33(29,30)31-22-12-7-13-23-32-34(28(2,3)4,26-14-8-5-9-15-26)27-16-10-6-11-17-27;22-15-6-2-5-14-21(23-16-7-17-24-21)20-12-10-19(11-13-20)18-8-3-1-4-9-18;19-14-6-2-5-9-18(20)17-12-10-16(11-13-17)15-7-3-1-4-8-15;1-2-5-13(6-3-1)14-7-9-15(10-8-14)16-17-11-4-12-18-16;;;/h4-6,8-13,17-26H,7,14-16,27-30H2,1-3H3;5-6,8-11,14-21H,7,12-13,22-23H2,1-4H3;1,3-4,8-13,22H,2,5-7,14-17H2;1,3-4,7-8,10-13,19H,2,5-6,9,14H2;1-3,5-10H,4,11-12H2;2*1H4;/q;;;;-1;;;+1. The molecule has 140 heavy (non-hydrogen) atoms. The van der Waals surface area contributed by atoms with E-state index in [0.717, 1.165) is 80.2 Å². The van der Waals surface area contributed by atoms with Crippen LogP contribution in [0.2, 0.25) is 10.1 Å². The quantitative estimate of drug-likeness (QED) is 0.0126. The number of rotatable bonds is 38. The summed E-state index contributed by atoms with van der Waals surface area (Å²) in [6.07, 6.45) is 18.6. The minimum Gasteiger partial charge on any atom is -0.407 e. The molecule has 13 aromatic rings. The van der Waals surface area contributed by atoms with Crippen molar-refractivity contribution in [3.63, 3.8) is 0 Å². The van der Waals surface area contributed by atoms with E-state index in [-0.39, 0.29) is 75.8 Å². The number of carbonyl (C=O) groups excluding carboxylic acids is 1. The summed E-state index contributed by atoms with van der Waals surface area (Å²) >= 11 is 12.6. The van der Waals surface area contributed by atoms with Crippen LogP contribution in [0.25, 0.3) is 44.5 Å². The summed E-state index contributed by atoms with van der Waals surface area (Å²) in [6.45, 7) is 18.0. The molecule has 736 valence electrons. The summed E-state index contributed by atoms with van der Waals surface area (Å²) in [5.41, 5.74) is 16.1. The molecule has 0 spiro atoms. The summed E-state index contributed by atoms with van der Waals surface area (Å²) in [5, 5.41) is 23.0. The van der Waals surface area contributed by atoms with Crippen molar-refractivity contribution in [3.8, 4) is 44.5 Å². The Kier molecular flexibility index (Phi) is 49.9. The van der Waals surface area contributed by atoms with E-state index >= 15 is 0 Å². The largest absolute Gasteiger partial charge is 1.00 e. The molecule has 0 unspecified atom stereocenters. The van der Waals surface area contributed by atoms with Gasteiger partial charge < -0.3 is 19.1 Å². The molecule has 3 aliphatic rings. The zero-order valence-electron chi connectivity index (χ0n) is 82.3. The third-order valence-corrected chi connectivity index (χ3v) is 46.4. The van der Waals surface area contributed by atoms with Gasteiger partial charge in [-0.1, -0.05) is 426 Å². The van der Waals surface area contributed by atoms with Crippen LogP contribution in [0.4, 0.5) is 0 Å². The van der Waals surface area contributed by atoms with Crippen molar-refractivity contribution in [2.45, 2.75) is 202 Å². The number of aryl methyl sites for hydroxylation is 1. The third kappa shape index (κ3) is 33.7. The molecule has 0 amide bonds. The predicted molar refractivity (Wildman–Crippen MR) is 614 cm³/mol. The van der Waals surface area contributed by atoms with Crippen LogP contribution in [0, 0.1) is 11.5 Å². The van der Waals surface area contributed by atoms with E-state index in [0.29, 0.717) is 26.1 Å². The molecule has 16 rings (SSSR count). The molecule has 3 saturated heterocycles. The molecule has 8 nitrogen and oxygen atoms in total. The second-order valence-electron chi connectivity index (χ2n) is 37.2. The third-order valence-electron chi connectivity index (χ3n) is 25.3. The molecule has 2 N–H and O–H groups in total. The number of hydrogen-bond acceptors (Lipinski definition) is 14. The fourth-order valence-electron chi connectivity index (χ4n) is 18.0. The normalized spacial score (nSPS) is 14.0. The zero-order chi connectivity index (χ0) is 96.3. The van der Waals surface area contributed by atoms with Gasteiger partial charge in [-0.15, -0.1) is 59.2 Å². The maximum Gasteiger partial charge on any atom is 1.00 e. The Morgan fingerprint density at radius 2 is 0.629 bits per heavy atom. The first-order valence-electron chi connectivity index (χ1n) is 49.2. The Bertz CT molecular complexity index is 5610. The first-order chi connectivity index (χ1) is 66.7. The Balaban J connectivity index is 0.000000201.